The van der Waals surface area contributed by atoms with E-state index in [4.69, 9.17) is 0 Å². The minimum Gasteiger partial charge on any atom is -0.324 e. The van der Waals surface area contributed by atoms with Crippen molar-refractivity contribution in [2.24, 2.45) is 0 Å². The predicted molar refractivity (Wildman–Crippen MR) is 99.4 cm³/mol. The molecule has 1 heterocycles. The third-order valence-corrected chi connectivity index (χ3v) is 4.89. The summed E-state index contributed by atoms with van der Waals surface area (Å²) in [6, 6.07) is 16.8. The topological polar surface area (TPSA) is 32.3 Å². The van der Waals surface area contributed by atoms with Crippen LogP contribution in [0.3, 0.4) is 0 Å². The van der Waals surface area contributed by atoms with Gasteiger partial charge in [0.05, 0.1) is 6.54 Å². The first-order valence-electron chi connectivity index (χ1n) is 8.77. The molecule has 0 bridgehead atoms. The van der Waals surface area contributed by atoms with Crippen LogP contribution in [0.5, 0.6) is 0 Å². The number of hydrogen-bond acceptors (Lipinski definition) is 2. The second kappa shape index (κ2) is 7.63. The zero-order chi connectivity index (χ0) is 16.9. The summed E-state index contributed by atoms with van der Waals surface area (Å²) in [6.07, 6.45) is 2.36. The fraction of sp³-hybridized carbons (Fsp3) is 0.381. The first-order valence-corrected chi connectivity index (χ1v) is 8.77. The number of para-hydroxylation sites is 1. The van der Waals surface area contributed by atoms with Gasteiger partial charge >= 0.3 is 0 Å². The predicted octanol–water partition coefficient (Wildman–Crippen LogP) is 4.12. The highest BCUT2D eigenvalue weighted by atomic mass is 16.2. The number of piperidine rings is 1. The first-order chi connectivity index (χ1) is 11.6. The highest BCUT2D eigenvalue weighted by Gasteiger charge is 2.22. The fourth-order valence-corrected chi connectivity index (χ4v) is 3.59. The Labute approximate surface area is 144 Å². The molecular formula is C21H26N2O. The Hall–Kier alpha value is -2.13. The third kappa shape index (κ3) is 4.04. The van der Waals surface area contributed by atoms with Crippen molar-refractivity contribution in [1.82, 2.24) is 4.90 Å². The maximum atomic E-state index is 12.5. The maximum Gasteiger partial charge on any atom is 0.238 e. The molecule has 1 aliphatic rings. The summed E-state index contributed by atoms with van der Waals surface area (Å²) < 4.78 is 0. The Morgan fingerprint density at radius 3 is 2.50 bits per heavy atom. The molecule has 1 fully saturated rings. The Balaban J connectivity index is 1.60. The van der Waals surface area contributed by atoms with Gasteiger partial charge in [-0.3, -0.25) is 9.69 Å². The van der Waals surface area contributed by atoms with Crippen LogP contribution in [0.4, 0.5) is 5.69 Å². The SMILES string of the molecule is Cc1cccc(C)c1NC(=O)CN1CCCC(c2ccccc2)C1. The molecule has 0 radical (unpaired) electrons. The van der Waals surface area contributed by atoms with Gasteiger partial charge in [-0.2, -0.15) is 0 Å². The zero-order valence-electron chi connectivity index (χ0n) is 14.6. The number of nitrogens with zero attached hydrogens (tertiary/aromatic N) is 1. The standard InChI is InChI=1S/C21H26N2O/c1-16-8-6-9-17(2)21(16)22-20(24)15-23-13-7-12-19(14-23)18-10-4-3-5-11-18/h3-6,8-11,19H,7,12-15H2,1-2H3,(H,22,24). The minimum atomic E-state index is 0.0844. The number of carbonyl (C=O) groups excluding carboxylic acids is 1. The molecule has 1 atom stereocenters. The zero-order valence-corrected chi connectivity index (χ0v) is 14.6. The monoisotopic (exact) mass is 322 g/mol. The Morgan fingerprint density at radius 1 is 1.08 bits per heavy atom. The molecule has 0 aromatic heterocycles. The van der Waals surface area contributed by atoms with Crippen LogP contribution in [0.25, 0.3) is 0 Å². The van der Waals surface area contributed by atoms with Gasteiger partial charge in [-0.25, -0.2) is 0 Å². The van der Waals surface area contributed by atoms with Crippen LogP contribution >= 0.6 is 0 Å². The smallest absolute Gasteiger partial charge is 0.238 e. The molecule has 0 aliphatic carbocycles. The van der Waals surface area contributed by atoms with E-state index < -0.39 is 0 Å². The lowest BCUT2D eigenvalue weighted by Gasteiger charge is -2.32. The molecule has 0 spiro atoms. The summed E-state index contributed by atoms with van der Waals surface area (Å²) in [5, 5.41) is 3.10. The van der Waals surface area contributed by atoms with Crippen LogP contribution in [0, 0.1) is 13.8 Å². The van der Waals surface area contributed by atoms with Gasteiger partial charge in [-0.05, 0) is 55.8 Å². The second-order valence-corrected chi connectivity index (χ2v) is 6.80. The molecule has 1 aliphatic heterocycles. The van der Waals surface area contributed by atoms with E-state index in [2.05, 4.69) is 40.5 Å². The van der Waals surface area contributed by atoms with Gasteiger partial charge in [0.25, 0.3) is 0 Å². The molecule has 1 saturated heterocycles. The van der Waals surface area contributed by atoms with E-state index in [1.165, 1.54) is 12.0 Å². The molecule has 24 heavy (non-hydrogen) atoms. The molecule has 0 saturated carbocycles. The second-order valence-electron chi connectivity index (χ2n) is 6.80. The molecule has 2 aromatic rings. The first kappa shape index (κ1) is 16.7. The van der Waals surface area contributed by atoms with Gasteiger partial charge in [-0.15, -0.1) is 0 Å². The molecule has 2 aromatic carbocycles. The number of amides is 1. The number of aryl methyl sites for hydroxylation is 2. The quantitative estimate of drug-likeness (QED) is 0.918. The van der Waals surface area contributed by atoms with E-state index in [0.717, 1.165) is 36.3 Å². The van der Waals surface area contributed by atoms with Gasteiger partial charge in [0.15, 0.2) is 0 Å². The van der Waals surface area contributed by atoms with E-state index in [-0.39, 0.29) is 5.91 Å². The Morgan fingerprint density at radius 2 is 1.79 bits per heavy atom. The lowest BCUT2D eigenvalue weighted by molar-refractivity contribution is -0.117. The Kier molecular flexibility index (Phi) is 5.31. The average Bonchev–Trinajstić information content (AvgIpc) is 2.59. The number of anilines is 1. The van der Waals surface area contributed by atoms with Crippen molar-refractivity contribution in [3.63, 3.8) is 0 Å². The number of hydrogen-bond donors (Lipinski definition) is 1. The average molecular weight is 322 g/mol. The summed E-state index contributed by atoms with van der Waals surface area (Å²) in [4.78, 5) is 14.8. The van der Waals surface area contributed by atoms with Crippen LogP contribution in [-0.2, 0) is 4.79 Å². The van der Waals surface area contributed by atoms with Gasteiger partial charge in [0.1, 0.15) is 0 Å². The highest BCUT2D eigenvalue weighted by Crippen LogP contribution is 2.26. The van der Waals surface area contributed by atoms with Gasteiger partial charge in [0.2, 0.25) is 5.91 Å². The van der Waals surface area contributed by atoms with Gasteiger partial charge < -0.3 is 5.32 Å². The van der Waals surface area contributed by atoms with Crippen molar-refractivity contribution in [3.8, 4) is 0 Å². The van der Waals surface area contributed by atoms with Crippen molar-refractivity contribution in [2.75, 3.05) is 25.0 Å². The molecular weight excluding hydrogens is 296 g/mol. The van der Waals surface area contributed by atoms with Crippen molar-refractivity contribution >= 4 is 11.6 Å². The van der Waals surface area contributed by atoms with Gasteiger partial charge in [0, 0.05) is 12.2 Å². The number of carbonyl (C=O) groups is 1. The number of nitrogens with one attached hydrogen (secondary N) is 1. The van der Waals surface area contributed by atoms with E-state index in [1.807, 2.05) is 32.0 Å². The van der Waals surface area contributed by atoms with Crippen LogP contribution in [0.1, 0.15) is 35.4 Å². The molecule has 1 amide bonds. The lowest BCUT2D eigenvalue weighted by atomic mass is 9.91. The van der Waals surface area contributed by atoms with Gasteiger partial charge in [-0.1, -0.05) is 48.5 Å². The fourth-order valence-electron chi connectivity index (χ4n) is 3.59. The highest BCUT2D eigenvalue weighted by molar-refractivity contribution is 5.93. The van der Waals surface area contributed by atoms with E-state index in [1.54, 1.807) is 0 Å². The normalized spacial score (nSPS) is 18.3. The summed E-state index contributed by atoms with van der Waals surface area (Å²) in [5.74, 6) is 0.619. The summed E-state index contributed by atoms with van der Waals surface area (Å²) in [5.41, 5.74) is 4.57. The molecule has 3 nitrogen and oxygen atoms in total. The number of benzene rings is 2. The van der Waals surface area contributed by atoms with Crippen molar-refractivity contribution in [3.05, 3.63) is 65.2 Å². The molecule has 3 heteroatoms. The van der Waals surface area contributed by atoms with E-state index >= 15 is 0 Å². The largest absolute Gasteiger partial charge is 0.324 e. The summed E-state index contributed by atoms with van der Waals surface area (Å²) in [7, 11) is 0. The number of rotatable bonds is 4. The van der Waals surface area contributed by atoms with Crippen LogP contribution < -0.4 is 5.32 Å². The molecule has 126 valence electrons. The van der Waals surface area contributed by atoms with Crippen molar-refractivity contribution in [2.45, 2.75) is 32.6 Å². The summed E-state index contributed by atoms with van der Waals surface area (Å²) in [6.45, 7) is 6.51. The molecule has 3 rings (SSSR count). The minimum absolute atomic E-state index is 0.0844. The van der Waals surface area contributed by atoms with Crippen LogP contribution in [-0.4, -0.2) is 30.4 Å². The van der Waals surface area contributed by atoms with Crippen LogP contribution in [0.15, 0.2) is 48.5 Å². The van der Waals surface area contributed by atoms with Crippen molar-refractivity contribution < 1.29 is 4.79 Å². The molecule has 1 unspecified atom stereocenters. The van der Waals surface area contributed by atoms with Crippen molar-refractivity contribution in [1.29, 1.82) is 0 Å². The van der Waals surface area contributed by atoms with E-state index in [0.29, 0.717) is 12.5 Å². The third-order valence-electron chi connectivity index (χ3n) is 4.89. The Bertz CT molecular complexity index is 676. The summed E-state index contributed by atoms with van der Waals surface area (Å²) >= 11 is 0. The van der Waals surface area contributed by atoms with Crippen LogP contribution in [0.2, 0.25) is 0 Å². The lowest BCUT2D eigenvalue weighted by Crippen LogP contribution is -2.39. The molecule has 1 N–H and O–H groups in total. The van der Waals surface area contributed by atoms with E-state index in [9.17, 15) is 4.79 Å². The number of likely N-dealkylation sites (tertiary alicyclic amines) is 1. The maximum absolute atomic E-state index is 12.5.